The molecular weight excluding hydrogens is 476 g/mol. The highest BCUT2D eigenvalue weighted by molar-refractivity contribution is 7.10. The zero-order chi connectivity index (χ0) is 24.9. The number of anilines is 1. The summed E-state index contributed by atoms with van der Waals surface area (Å²) in [6.45, 7) is 1.92. The van der Waals surface area contributed by atoms with Crippen molar-refractivity contribution < 1.29 is 14.0 Å². The summed E-state index contributed by atoms with van der Waals surface area (Å²) in [5, 5.41) is 16.5. The number of thiophene rings is 1. The lowest BCUT2D eigenvalue weighted by Gasteiger charge is -2.32. The minimum atomic E-state index is -0.937. The van der Waals surface area contributed by atoms with Crippen molar-refractivity contribution in [1.29, 1.82) is 0 Å². The largest absolute Gasteiger partial charge is 0.467 e. The van der Waals surface area contributed by atoms with Crippen LogP contribution in [0.3, 0.4) is 0 Å². The van der Waals surface area contributed by atoms with Crippen molar-refractivity contribution in [2.75, 3.05) is 4.90 Å². The molecule has 0 bridgehead atoms. The molecule has 1 atom stereocenters. The quantitative estimate of drug-likeness (QED) is 0.381. The number of nitrogens with zero attached hydrogens (tertiary/aromatic N) is 5. The molecule has 1 aliphatic carbocycles. The molecule has 1 N–H and O–H groups in total. The molecule has 9 nitrogen and oxygen atoms in total. The number of tetrazole rings is 1. The Balaban J connectivity index is 1.54. The molecule has 0 aliphatic heterocycles. The van der Waals surface area contributed by atoms with Crippen LogP contribution in [0.5, 0.6) is 0 Å². The summed E-state index contributed by atoms with van der Waals surface area (Å²) in [7, 11) is 0. The maximum absolute atomic E-state index is 13.8. The molecule has 1 aromatic carbocycles. The molecule has 0 radical (unpaired) electrons. The summed E-state index contributed by atoms with van der Waals surface area (Å²) in [5.74, 6) is -0.00385. The first-order valence-electron chi connectivity index (χ1n) is 12.1. The standard InChI is InChI=1S/C26H28N6O3S/c1-18-15-20(11-12-22(18)31-17-27-29-30-31)32(24(33)16-21-9-6-14-36-21)25(23-10-5-13-35-23)26(34)28-19-7-3-2-4-8-19/h5-6,9-15,17,19,25H,2-4,7-8,16H2,1H3,(H,28,34)/t25-/m1/s1. The van der Waals surface area contributed by atoms with E-state index >= 15 is 0 Å². The summed E-state index contributed by atoms with van der Waals surface area (Å²) in [6.07, 6.45) is 8.49. The molecule has 1 aliphatic rings. The number of hydrogen-bond donors (Lipinski definition) is 1. The second-order valence-corrected chi connectivity index (χ2v) is 10.0. The van der Waals surface area contributed by atoms with Gasteiger partial charge in [0.1, 0.15) is 12.1 Å². The number of furan rings is 1. The van der Waals surface area contributed by atoms with Gasteiger partial charge in [-0.05, 0) is 77.5 Å². The summed E-state index contributed by atoms with van der Waals surface area (Å²) < 4.78 is 7.29. The van der Waals surface area contributed by atoms with Gasteiger partial charge in [0, 0.05) is 16.6 Å². The third-order valence-electron chi connectivity index (χ3n) is 6.50. The van der Waals surface area contributed by atoms with Gasteiger partial charge in [-0.15, -0.1) is 16.4 Å². The van der Waals surface area contributed by atoms with Crippen LogP contribution in [0.1, 0.15) is 54.3 Å². The number of hydrogen-bond acceptors (Lipinski definition) is 7. The average Bonchev–Trinajstić information content (AvgIpc) is 3.67. The van der Waals surface area contributed by atoms with Crippen molar-refractivity contribution in [3.8, 4) is 5.69 Å². The minimum absolute atomic E-state index is 0.0990. The summed E-state index contributed by atoms with van der Waals surface area (Å²) in [4.78, 5) is 30.1. The number of aromatic nitrogens is 4. The Kier molecular flexibility index (Phi) is 7.22. The normalized spacial score (nSPS) is 14.9. The van der Waals surface area contributed by atoms with E-state index in [1.54, 1.807) is 21.7 Å². The van der Waals surface area contributed by atoms with E-state index in [0.717, 1.165) is 41.8 Å². The average molecular weight is 505 g/mol. The van der Waals surface area contributed by atoms with Crippen LogP contribution in [0.25, 0.3) is 5.69 Å². The van der Waals surface area contributed by atoms with Crippen molar-refractivity contribution in [3.63, 3.8) is 0 Å². The highest BCUT2D eigenvalue weighted by Crippen LogP contribution is 2.32. The molecule has 3 heterocycles. The van der Waals surface area contributed by atoms with Crippen molar-refractivity contribution in [3.05, 3.63) is 76.6 Å². The summed E-state index contributed by atoms with van der Waals surface area (Å²) in [5.41, 5.74) is 2.25. The Morgan fingerprint density at radius 3 is 2.72 bits per heavy atom. The van der Waals surface area contributed by atoms with Gasteiger partial charge in [-0.25, -0.2) is 4.68 Å². The van der Waals surface area contributed by atoms with E-state index < -0.39 is 6.04 Å². The van der Waals surface area contributed by atoms with E-state index in [-0.39, 0.29) is 24.3 Å². The Bertz CT molecular complexity index is 1280. The van der Waals surface area contributed by atoms with Crippen LogP contribution < -0.4 is 10.2 Å². The highest BCUT2D eigenvalue weighted by atomic mass is 32.1. The Labute approximate surface area is 213 Å². The van der Waals surface area contributed by atoms with Gasteiger partial charge in [-0.3, -0.25) is 14.5 Å². The van der Waals surface area contributed by atoms with E-state index in [9.17, 15) is 9.59 Å². The van der Waals surface area contributed by atoms with Crippen LogP contribution in [0, 0.1) is 6.92 Å². The molecule has 0 unspecified atom stereocenters. The van der Waals surface area contributed by atoms with E-state index in [1.807, 2.05) is 42.6 Å². The Morgan fingerprint density at radius 1 is 1.19 bits per heavy atom. The Morgan fingerprint density at radius 2 is 2.06 bits per heavy atom. The minimum Gasteiger partial charge on any atom is -0.467 e. The van der Waals surface area contributed by atoms with E-state index in [4.69, 9.17) is 4.42 Å². The lowest BCUT2D eigenvalue weighted by atomic mass is 9.95. The topological polar surface area (TPSA) is 106 Å². The lowest BCUT2D eigenvalue weighted by Crippen LogP contribution is -2.47. The molecule has 5 rings (SSSR count). The molecular formula is C26H28N6O3S. The summed E-state index contributed by atoms with van der Waals surface area (Å²) in [6, 6.07) is 12.1. The van der Waals surface area contributed by atoms with Crippen LogP contribution in [-0.2, 0) is 16.0 Å². The van der Waals surface area contributed by atoms with Gasteiger partial charge in [0.2, 0.25) is 5.91 Å². The lowest BCUT2D eigenvalue weighted by molar-refractivity contribution is -0.127. The number of carbonyl (C=O) groups excluding carboxylic acids is 2. The molecule has 1 fully saturated rings. The molecule has 10 heteroatoms. The predicted octanol–water partition coefficient (Wildman–Crippen LogP) is 4.39. The fourth-order valence-electron chi connectivity index (χ4n) is 4.75. The molecule has 3 aromatic heterocycles. The van der Waals surface area contributed by atoms with Crippen LogP contribution in [0.2, 0.25) is 0 Å². The van der Waals surface area contributed by atoms with Crippen LogP contribution in [0.15, 0.2) is 64.9 Å². The first-order chi connectivity index (χ1) is 17.6. The smallest absolute Gasteiger partial charge is 0.251 e. The van der Waals surface area contributed by atoms with Gasteiger partial charge >= 0.3 is 0 Å². The first kappa shape index (κ1) is 23.9. The number of benzene rings is 1. The predicted molar refractivity (Wildman–Crippen MR) is 136 cm³/mol. The first-order valence-corrected chi connectivity index (χ1v) is 13.0. The molecule has 4 aromatic rings. The number of rotatable bonds is 8. The fourth-order valence-corrected chi connectivity index (χ4v) is 5.45. The van der Waals surface area contributed by atoms with Gasteiger partial charge in [0.25, 0.3) is 5.91 Å². The maximum Gasteiger partial charge on any atom is 0.251 e. The second-order valence-electron chi connectivity index (χ2n) is 9.01. The zero-order valence-electron chi connectivity index (χ0n) is 20.0. The number of nitrogens with one attached hydrogen (secondary N) is 1. The van der Waals surface area contributed by atoms with Crippen molar-refractivity contribution in [2.24, 2.45) is 0 Å². The zero-order valence-corrected chi connectivity index (χ0v) is 20.9. The Hall–Kier alpha value is -3.79. The monoisotopic (exact) mass is 504 g/mol. The number of carbonyl (C=O) groups is 2. The van der Waals surface area contributed by atoms with Crippen molar-refractivity contribution in [2.45, 2.75) is 57.5 Å². The molecule has 0 saturated heterocycles. The SMILES string of the molecule is Cc1cc(N(C(=O)Cc2cccs2)[C@@H](C(=O)NC2CCCCC2)c2ccco2)ccc1-n1cnnn1. The number of amides is 2. The second kappa shape index (κ2) is 10.9. The van der Waals surface area contributed by atoms with Gasteiger partial charge in [-0.2, -0.15) is 0 Å². The van der Waals surface area contributed by atoms with Gasteiger partial charge in [0.15, 0.2) is 6.04 Å². The van der Waals surface area contributed by atoms with Gasteiger partial charge in [0.05, 0.1) is 18.4 Å². The molecule has 2 amide bonds. The van der Waals surface area contributed by atoms with E-state index in [0.29, 0.717) is 11.4 Å². The summed E-state index contributed by atoms with van der Waals surface area (Å²) >= 11 is 1.52. The van der Waals surface area contributed by atoms with Crippen molar-refractivity contribution >= 4 is 28.8 Å². The van der Waals surface area contributed by atoms with Crippen LogP contribution in [-0.4, -0.2) is 38.1 Å². The van der Waals surface area contributed by atoms with Gasteiger partial charge < -0.3 is 9.73 Å². The van der Waals surface area contributed by atoms with E-state index in [1.165, 1.54) is 30.3 Å². The highest BCUT2D eigenvalue weighted by Gasteiger charge is 2.36. The van der Waals surface area contributed by atoms with Crippen molar-refractivity contribution in [1.82, 2.24) is 25.5 Å². The maximum atomic E-state index is 13.8. The van der Waals surface area contributed by atoms with Crippen LogP contribution in [0.4, 0.5) is 5.69 Å². The third-order valence-corrected chi connectivity index (χ3v) is 7.38. The van der Waals surface area contributed by atoms with E-state index in [2.05, 4.69) is 20.8 Å². The van der Waals surface area contributed by atoms with Gasteiger partial charge in [-0.1, -0.05) is 25.3 Å². The molecule has 36 heavy (non-hydrogen) atoms. The number of aryl methyl sites for hydroxylation is 1. The molecule has 1 saturated carbocycles. The third kappa shape index (κ3) is 5.23. The van der Waals surface area contributed by atoms with Crippen LogP contribution >= 0.6 is 11.3 Å². The molecule has 0 spiro atoms. The molecule has 186 valence electrons. The fraction of sp³-hybridized carbons (Fsp3) is 0.346.